The summed E-state index contributed by atoms with van der Waals surface area (Å²) in [5, 5.41) is 0.185. The lowest BCUT2D eigenvalue weighted by atomic mass is 10.1. The summed E-state index contributed by atoms with van der Waals surface area (Å²) in [4.78, 5) is 11.7. The Morgan fingerprint density at radius 3 is 2.52 bits per heavy atom. The normalized spacial score (nSPS) is 21.6. The molecule has 0 N–H and O–H groups in total. The van der Waals surface area contributed by atoms with Gasteiger partial charge >= 0.3 is 5.97 Å². The number of halogens is 1. The summed E-state index contributed by atoms with van der Waals surface area (Å²) in [7, 11) is -1.80. The molecule has 5 heteroatoms. The molecule has 0 aliphatic carbocycles. The highest BCUT2D eigenvalue weighted by molar-refractivity contribution is 14.1. The summed E-state index contributed by atoms with van der Waals surface area (Å²) in [6, 6.07) is 0. The first-order valence-corrected chi connectivity index (χ1v) is 11.6. The van der Waals surface area contributed by atoms with Gasteiger partial charge in [0, 0.05) is 5.57 Å². The highest BCUT2D eigenvalue weighted by Gasteiger charge is 2.38. The van der Waals surface area contributed by atoms with Gasteiger partial charge in [-0.2, -0.15) is 0 Å². The van der Waals surface area contributed by atoms with E-state index in [9.17, 15) is 4.79 Å². The second kappa shape index (κ2) is 7.42. The minimum Gasteiger partial charge on any atom is -0.455 e. The predicted octanol–water partition coefficient (Wildman–Crippen LogP) is 4.98. The van der Waals surface area contributed by atoms with Gasteiger partial charge < -0.3 is 9.16 Å². The van der Waals surface area contributed by atoms with Crippen LogP contribution >= 0.6 is 22.6 Å². The van der Waals surface area contributed by atoms with Gasteiger partial charge in [-0.3, -0.25) is 0 Å². The molecule has 0 saturated heterocycles. The second-order valence-corrected chi connectivity index (χ2v) is 12.6. The first-order valence-electron chi connectivity index (χ1n) is 7.43. The standard InChI is InChI=1S/C16H27IO3Si/c1-12-11-13(15(18)19-12)7-8-14(9-10-17)20-21(5,6)16(2,3)4/h9-12,14H,7-8H2,1-6H3/b10-9+/t12-,14+/m0/s1. The summed E-state index contributed by atoms with van der Waals surface area (Å²) in [6.45, 7) is 13.1. The maximum atomic E-state index is 11.7. The van der Waals surface area contributed by atoms with E-state index in [-0.39, 0.29) is 23.2 Å². The minimum absolute atomic E-state index is 0.0624. The average molecular weight is 422 g/mol. The van der Waals surface area contributed by atoms with Crippen molar-refractivity contribution in [3.63, 3.8) is 0 Å². The molecule has 120 valence electrons. The van der Waals surface area contributed by atoms with Crippen molar-refractivity contribution < 1.29 is 14.0 Å². The van der Waals surface area contributed by atoms with Crippen LogP contribution in [0.3, 0.4) is 0 Å². The van der Waals surface area contributed by atoms with Crippen molar-refractivity contribution in [2.24, 2.45) is 0 Å². The van der Waals surface area contributed by atoms with Gasteiger partial charge in [-0.1, -0.05) is 49.4 Å². The third kappa shape index (κ3) is 5.52. The van der Waals surface area contributed by atoms with E-state index < -0.39 is 8.32 Å². The molecule has 1 aliphatic heterocycles. The number of carbonyl (C=O) groups is 1. The van der Waals surface area contributed by atoms with Crippen LogP contribution in [0.4, 0.5) is 0 Å². The van der Waals surface area contributed by atoms with E-state index in [0.717, 1.165) is 12.0 Å². The van der Waals surface area contributed by atoms with E-state index in [1.807, 2.05) is 17.1 Å². The number of hydrogen-bond acceptors (Lipinski definition) is 3. The van der Waals surface area contributed by atoms with Crippen LogP contribution in [0.25, 0.3) is 0 Å². The molecule has 0 saturated carbocycles. The number of carbonyl (C=O) groups excluding carboxylic acids is 1. The number of hydrogen-bond donors (Lipinski definition) is 0. The quantitative estimate of drug-likeness (QED) is 0.344. The van der Waals surface area contributed by atoms with Crippen molar-refractivity contribution in [2.45, 2.75) is 70.9 Å². The van der Waals surface area contributed by atoms with Gasteiger partial charge in [0.1, 0.15) is 6.10 Å². The zero-order valence-electron chi connectivity index (χ0n) is 13.9. The molecule has 0 radical (unpaired) electrons. The Bertz CT molecular complexity index is 435. The molecule has 0 aromatic carbocycles. The van der Waals surface area contributed by atoms with Crippen molar-refractivity contribution in [2.75, 3.05) is 0 Å². The van der Waals surface area contributed by atoms with Crippen LogP contribution in [-0.4, -0.2) is 26.5 Å². The van der Waals surface area contributed by atoms with Gasteiger partial charge in [-0.25, -0.2) is 4.79 Å². The molecule has 1 rings (SSSR count). The molecule has 1 heterocycles. The van der Waals surface area contributed by atoms with Crippen molar-refractivity contribution in [3.05, 3.63) is 21.8 Å². The molecule has 2 atom stereocenters. The Morgan fingerprint density at radius 2 is 2.10 bits per heavy atom. The lowest BCUT2D eigenvalue weighted by Gasteiger charge is -2.38. The highest BCUT2D eigenvalue weighted by Crippen LogP contribution is 2.38. The molecule has 0 aromatic heterocycles. The summed E-state index contributed by atoms with van der Waals surface area (Å²) in [5.74, 6) is -0.174. The fraction of sp³-hybridized carbons (Fsp3) is 0.688. The third-order valence-electron chi connectivity index (χ3n) is 4.23. The summed E-state index contributed by atoms with van der Waals surface area (Å²) in [5.41, 5.74) is 0.785. The van der Waals surface area contributed by atoms with Crippen LogP contribution < -0.4 is 0 Å². The fourth-order valence-electron chi connectivity index (χ4n) is 1.94. The van der Waals surface area contributed by atoms with E-state index in [0.29, 0.717) is 6.42 Å². The maximum Gasteiger partial charge on any atom is 0.334 e. The molecule has 0 spiro atoms. The molecule has 0 aromatic rings. The Hall–Kier alpha value is -0.143. The van der Waals surface area contributed by atoms with Crippen LogP contribution in [0.5, 0.6) is 0 Å². The summed E-state index contributed by atoms with van der Waals surface area (Å²) < 4.78 is 13.6. The van der Waals surface area contributed by atoms with Gasteiger partial charge in [-0.15, -0.1) is 0 Å². The third-order valence-corrected chi connectivity index (χ3v) is 9.15. The Labute approximate surface area is 143 Å². The Kier molecular flexibility index (Phi) is 6.68. The van der Waals surface area contributed by atoms with Crippen molar-refractivity contribution in [1.29, 1.82) is 0 Å². The lowest BCUT2D eigenvalue weighted by molar-refractivity contribution is -0.139. The fourth-order valence-corrected chi connectivity index (χ4v) is 3.71. The van der Waals surface area contributed by atoms with Gasteiger partial charge in [0.2, 0.25) is 0 Å². The van der Waals surface area contributed by atoms with E-state index in [1.165, 1.54) is 0 Å². The maximum absolute atomic E-state index is 11.7. The lowest BCUT2D eigenvalue weighted by Crippen LogP contribution is -2.43. The SMILES string of the molecule is C[C@H]1C=C(CC[C@H](/C=C/I)O[Si](C)(C)C(C)(C)C)C(=O)O1. The van der Waals surface area contributed by atoms with Crippen molar-refractivity contribution >= 4 is 36.9 Å². The van der Waals surface area contributed by atoms with Gasteiger partial charge in [0.25, 0.3) is 0 Å². The topological polar surface area (TPSA) is 35.5 Å². The molecule has 21 heavy (non-hydrogen) atoms. The number of rotatable bonds is 6. The van der Waals surface area contributed by atoms with Crippen LogP contribution in [0.15, 0.2) is 21.8 Å². The first-order chi connectivity index (χ1) is 9.56. The zero-order chi connectivity index (χ0) is 16.3. The van der Waals surface area contributed by atoms with Crippen LogP contribution in [-0.2, 0) is 14.0 Å². The van der Waals surface area contributed by atoms with Crippen molar-refractivity contribution in [1.82, 2.24) is 0 Å². The van der Waals surface area contributed by atoms with Crippen LogP contribution in [0.2, 0.25) is 18.1 Å². The molecular formula is C16H27IO3Si. The first kappa shape index (κ1) is 18.9. The zero-order valence-corrected chi connectivity index (χ0v) is 17.1. The van der Waals surface area contributed by atoms with E-state index in [1.54, 1.807) is 0 Å². The average Bonchev–Trinajstić information content (AvgIpc) is 2.63. The molecular weight excluding hydrogens is 395 g/mol. The number of cyclic esters (lactones) is 1. The smallest absolute Gasteiger partial charge is 0.334 e. The van der Waals surface area contributed by atoms with Crippen molar-refractivity contribution in [3.8, 4) is 0 Å². The number of esters is 1. The molecule has 1 aliphatic rings. The van der Waals surface area contributed by atoms with Gasteiger partial charge in [0.15, 0.2) is 8.32 Å². The molecule has 0 amide bonds. The number of ether oxygens (including phenoxy) is 1. The molecule has 0 fully saturated rings. The molecule has 0 bridgehead atoms. The van der Waals surface area contributed by atoms with Crippen LogP contribution in [0.1, 0.15) is 40.5 Å². The Morgan fingerprint density at radius 1 is 1.48 bits per heavy atom. The summed E-state index contributed by atoms with van der Waals surface area (Å²) >= 11 is 2.22. The highest BCUT2D eigenvalue weighted by atomic mass is 127. The molecule has 3 nitrogen and oxygen atoms in total. The predicted molar refractivity (Wildman–Crippen MR) is 98.1 cm³/mol. The van der Waals surface area contributed by atoms with E-state index in [2.05, 4.69) is 62.5 Å². The Balaban J connectivity index is 2.67. The summed E-state index contributed by atoms with van der Waals surface area (Å²) in [6.07, 6.45) is 5.51. The monoisotopic (exact) mass is 422 g/mol. The van der Waals surface area contributed by atoms with Gasteiger partial charge in [-0.05, 0) is 48.1 Å². The van der Waals surface area contributed by atoms with E-state index in [4.69, 9.17) is 9.16 Å². The minimum atomic E-state index is -1.80. The largest absolute Gasteiger partial charge is 0.455 e. The van der Waals surface area contributed by atoms with Gasteiger partial charge in [0.05, 0.1) is 6.10 Å². The van der Waals surface area contributed by atoms with E-state index >= 15 is 0 Å². The second-order valence-electron chi connectivity index (χ2n) is 7.08. The van der Waals surface area contributed by atoms with Crippen LogP contribution in [0, 0.1) is 0 Å². The molecule has 0 unspecified atom stereocenters.